The normalized spacial score (nSPS) is 25.3. The van der Waals surface area contributed by atoms with Crippen LogP contribution in [0.4, 0.5) is 0 Å². The van der Waals surface area contributed by atoms with E-state index in [0.717, 1.165) is 19.4 Å². The highest BCUT2D eigenvalue weighted by Gasteiger charge is 2.38. The minimum atomic E-state index is -0.0149. The maximum atomic E-state index is 6.14. The molecule has 1 atom stereocenters. The molecule has 0 spiro atoms. The number of hydrogen-bond donors (Lipinski definition) is 1. The van der Waals surface area contributed by atoms with E-state index in [4.69, 9.17) is 10.5 Å². The Bertz CT molecular complexity index is 203. The second-order valence-corrected chi connectivity index (χ2v) is 6.38. The number of rotatable bonds is 5. The third-order valence-electron chi connectivity index (χ3n) is 4.26. The Morgan fingerprint density at radius 2 is 1.75 bits per heavy atom. The van der Waals surface area contributed by atoms with Gasteiger partial charge in [-0.05, 0) is 37.0 Å². The average molecular weight is 227 g/mol. The lowest BCUT2D eigenvalue weighted by Gasteiger charge is -2.43. The standard InChI is InChI=1S/C14H29NO/c1-5-12(2)10-16-14(11-15)8-6-13(3,4)7-9-14/h12H,5-11,15H2,1-4H3. The summed E-state index contributed by atoms with van der Waals surface area (Å²) in [6.07, 6.45) is 5.93. The molecular weight excluding hydrogens is 198 g/mol. The van der Waals surface area contributed by atoms with Gasteiger partial charge in [0, 0.05) is 13.2 Å². The molecule has 0 saturated heterocycles. The molecule has 0 aromatic rings. The van der Waals surface area contributed by atoms with E-state index in [1.807, 2.05) is 0 Å². The molecule has 0 heterocycles. The van der Waals surface area contributed by atoms with Crippen LogP contribution in [0.25, 0.3) is 0 Å². The molecule has 1 aliphatic rings. The maximum Gasteiger partial charge on any atom is 0.0804 e. The predicted molar refractivity (Wildman–Crippen MR) is 69.4 cm³/mol. The summed E-state index contributed by atoms with van der Waals surface area (Å²) in [5.74, 6) is 0.651. The van der Waals surface area contributed by atoms with Crippen LogP contribution < -0.4 is 5.73 Å². The minimum Gasteiger partial charge on any atom is -0.373 e. The molecule has 0 bridgehead atoms. The summed E-state index contributed by atoms with van der Waals surface area (Å²) in [5, 5.41) is 0. The first kappa shape index (κ1) is 14.0. The van der Waals surface area contributed by atoms with Crippen LogP contribution in [0.1, 0.15) is 59.8 Å². The Hall–Kier alpha value is -0.0800. The van der Waals surface area contributed by atoms with Gasteiger partial charge >= 0.3 is 0 Å². The lowest BCUT2D eigenvalue weighted by atomic mass is 9.71. The van der Waals surface area contributed by atoms with Crippen LogP contribution in [0.15, 0.2) is 0 Å². The second kappa shape index (κ2) is 5.50. The molecule has 1 rings (SSSR count). The third-order valence-corrected chi connectivity index (χ3v) is 4.26. The second-order valence-electron chi connectivity index (χ2n) is 6.38. The highest BCUT2D eigenvalue weighted by atomic mass is 16.5. The molecule has 0 aromatic heterocycles. The van der Waals surface area contributed by atoms with Gasteiger partial charge in [0.05, 0.1) is 5.60 Å². The van der Waals surface area contributed by atoms with Gasteiger partial charge in [0.15, 0.2) is 0 Å². The molecule has 0 aromatic carbocycles. The van der Waals surface area contributed by atoms with E-state index in [0.29, 0.717) is 17.9 Å². The number of ether oxygens (including phenoxy) is 1. The Kier molecular flexibility index (Phi) is 4.81. The summed E-state index contributed by atoms with van der Waals surface area (Å²) in [6, 6.07) is 0. The van der Waals surface area contributed by atoms with E-state index >= 15 is 0 Å². The zero-order chi connectivity index (χ0) is 12.2. The third kappa shape index (κ3) is 3.74. The Labute approximate surface area is 101 Å². The topological polar surface area (TPSA) is 35.2 Å². The molecule has 96 valence electrons. The van der Waals surface area contributed by atoms with Crippen molar-refractivity contribution in [3.8, 4) is 0 Å². The van der Waals surface area contributed by atoms with Gasteiger partial charge in [-0.3, -0.25) is 0 Å². The van der Waals surface area contributed by atoms with Crippen LogP contribution >= 0.6 is 0 Å². The monoisotopic (exact) mass is 227 g/mol. The van der Waals surface area contributed by atoms with Gasteiger partial charge in [-0.1, -0.05) is 34.1 Å². The highest BCUT2D eigenvalue weighted by molar-refractivity contribution is 4.91. The first-order valence-electron chi connectivity index (χ1n) is 6.77. The van der Waals surface area contributed by atoms with Crippen molar-refractivity contribution in [2.45, 2.75) is 65.4 Å². The largest absolute Gasteiger partial charge is 0.373 e. The molecule has 1 fully saturated rings. The minimum absolute atomic E-state index is 0.0149. The first-order valence-corrected chi connectivity index (χ1v) is 6.77. The lowest BCUT2D eigenvalue weighted by Crippen LogP contribution is -2.46. The zero-order valence-corrected chi connectivity index (χ0v) is 11.5. The van der Waals surface area contributed by atoms with Crippen molar-refractivity contribution in [3.63, 3.8) is 0 Å². The Morgan fingerprint density at radius 3 is 2.19 bits per heavy atom. The number of nitrogens with two attached hydrogens (primary N) is 1. The van der Waals surface area contributed by atoms with Crippen molar-refractivity contribution in [2.24, 2.45) is 17.1 Å². The molecule has 2 N–H and O–H groups in total. The lowest BCUT2D eigenvalue weighted by molar-refractivity contribution is -0.0915. The summed E-state index contributed by atoms with van der Waals surface area (Å²) in [7, 11) is 0. The molecule has 2 nitrogen and oxygen atoms in total. The van der Waals surface area contributed by atoms with Crippen LogP contribution in [0.2, 0.25) is 0 Å². The summed E-state index contributed by atoms with van der Waals surface area (Å²) in [6.45, 7) is 10.7. The summed E-state index contributed by atoms with van der Waals surface area (Å²) >= 11 is 0. The Balaban J connectivity index is 2.46. The van der Waals surface area contributed by atoms with Gasteiger partial charge < -0.3 is 10.5 Å². The molecule has 1 unspecified atom stereocenters. The molecule has 1 aliphatic carbocycles. The van der Waals surface area contributed by atoms with Crippen molar-refractivity contribution >= 4 is 0 Å². The highest BCUT2D eigenvalue weighted by Crippen LogP contribution is 2.41. The van der Waals surface area contributed by atoms with Crippen molar-refractivity contribution in [3.05, 3.63) is 0 Å². The van der Waals surface area contributed by atoms with E-state index in [1.165, 1.54) is 19.3 Å². The Morgan fingerprint density at radius 1 is 1.19 bits per heavy atom. The SMILES string of the molecule is CCC(C)COC1(CN)CCC(C)(C)CC1. The molecule has 1 saturated carbocycles. The molecule has 0 amide bonds. The first-order chi connectivity index (χ1) is 7.43. The predicted octanol–water partition coefficient (Wildman–Crippen LogP) is 3.35. The van der Waals surface area contributed by atoms with Crippen molar-refractivity contribution in [1.29, 1.82) is 0 Å². The fourth-order valence-corrected chi connectivity index (χ4v) is 2.23. The van der Waals surface area contributed by atoms with Gasteiger partial charge in [0.25, 0.3) is 0 Å². The van der Waals surface area contributed by atoms with Crippen LogP contribution in [0.3, 0.4) is 0 Å². The van der Waals surface area contributed by atoms with Crippen LogP contribution in [0.5, 0.6) is 0 Å². The van der Waals surface area contributed by atoms with E-state index in [9.17, 15) is 0 Å². The van der Waals surface area contributed by atoms with Crippen molar-refractivity contribution in [2.75, 3.05) is 13.2 Å². The van der Waals surface area contributed by atoms with E-state index in [-0.39, 0.29) is 5.60 Å². The fraction of sp³-hybridized carbons (Fsp3) is 1.00. The van der Waals surface area contributed by atoms with Gasteiger partial charge in [0.2, 0.25) is 0 Å². The van der Waals surface area contributed by atoms with Crippen LogP contribution in [-0.4, -0.2) is 18.8 Å². The molecule has 0 aliphatic heterocycles. The van der Waals surface area contributed by atoms with E-state index < -0.39 is 0 Å². The van der Waals surface area contributed by atoms with E-state index in [1.54, 1.807) is 0 Å². The van der Waals surface area contributed by atoms with Gasteiger partial charge in [-0.2, -0.15) is 0 Å². The quantitative estimate of drug-likeness (QED) is 0.781. The maximum absolute atomic E-state index is 6.14. The molecule has 2 heteroatoms. The molecular formula is C14H29NO. The van der Waals surface area contributed by atoms with Crippen LogP contribution in [0, 0.1) is 11.3 Å². The average Bonchev–Trinajstić information content (AvgIpc) is 2.28. The van der Waals surface area contributed by atoms with Crippen molar-refractivity contribution < 1.29 is 4.74 Å². The molecule has 16 heavy (non-hydrogen) atoms. The van der Waals surface area contributed by atoms with Crippen molar-refractivity contribution in [1.82, 2.24) is 0 Å². The van der Waals surface area contributed by atoms with Gasteiger partial charge in [0.1, 0.15) is 0 Å². The fourth-order valence-electron chi connectivity index (χ4n) is 2.23. The van der Waals surface area contributed by atoms with Gasteiger partial charge in [-0.15, -0.1) is 0 Å². The van der Waals surface area contributed by atoms with E-state index in [2.05, 4.69) is 27.7 Å². The molecule has 0 radical (unpaired) electrons. The smallest absolute Gasteiger partial charge is 0.0804 e. The van der Waals surface area contributed by atoms with Gasteiger partial charge in [-0.25, -0.2) is 0 Å². The number of hydrogen-bond acceptors (Lipinski definition) is 2. The zero-order valence-electron chi connectivity index (χ0n) is 11.5. The summed E-state index contributed by atoms with van der Waals surface area (Å²) < 4.78 is 6.14. The summed E-state index contributed by atoms with van der Waals surface area (Å²) in [5.41, 5.74) is 6.40. The summed E-state index contributed by atoms with van der Waals surface area (Å²) in [4.78, 5) is 0. The van der Waals surface area contributed by atoms with Crippen LogP contribution in [-0.2, 0) is 4.74 Å².